The number of carbonyl (C=O) groups is 8. The first-order valence-corrected chi connectivity index (χ1v) is 26.6. The van der Waals surface area contributed by atoms with Crippen LogP contribution >= 0.6 is 117 Å². The van der Waals surface area contributed by atoms with Gasteiger partial charge in [0.2, 0.25) is 9.71 Å². The van der Waals surface area contributed by atoms with Gasteiger partial charge in [0.25, 0.3) is 0 Å². The van der Waals surface area contributed by atoms with Crippen LogP contribution in [0.5, 0.6) is 0 Å². The third kappa shape index (κ3) is 21.4. The Labute approximate surface area is 346 Å². The molecule has 9 atom stereocenters. The highest BCUT2D eigenvalue weighted by Crippen LogP contribution is 2.48. The van der Waals surface area contributed by atoms with Crippen molar-refractivity contribution in [3.05, 3.63) is 0 Å². The summed E-state index contributed by atoms with van der Waals surface area (Å²) in [5, 5.41) is 0. The second-order valence-corrected chi connectivity index (χ2v) is 24.6. The lowest BCUT2D eigenvalue weighted by atomic mass is 10.3. The number of halogens is 4. The van der Waals surface area contributed by atoms with Crippen molar-refractivity contribution in [3.8, 4) is 0 Å². The second-order valence-electron chi connectivity index (χ2n) is 9.03. The third-order valence-electron chi connectivity index (χ3n) is 5.70. The van der Waals surface area contributed by atoms with Gasteiger partial charge in [-0.15, -0.1) is 16.9 Å². The fourth-order valence-corrected chi connectivity index (χ4v) is 10.8. The molecular weight excluding hydrogens is 1180 g/mol. The molecule has 6 radical (unpaired) electrons. The summed E-state index contributed by atoms with van der Waals surface area (Å²) in [6.07, 6.45) is -1.95. The number of methoxy groups -OCH3 is 3. The van der Waals surface area contributed by atoms with Gasteiger partial charge in [-0.2, -0.15) is 44.7 Å². The van der Waals surface area contributed by atoms with Crippen molar-refractivity contribution in [2.24, 2.45) is 0 Å². The summed E-state index contributed by atoms with van der Waals surface area (Å²) in [6.45, 7) is -1.11. The maximum Gasteiger partial charge on any atom is 0.320 e. The molecule has 0 aromatic carbocycles. The molecule has 1 heterocycles. The first-order chi connectivity index (χ1) is 23.0. The van der Waals surface area contributed by atoms with Gasteiger partial charge >= 0.3 is 47.8 Å². The van der Waals surface area contributed by atoms with E-state index < -0.39 is 83.0 Å². The average molecular weight is 1210 g/mol. The molecule has 1 saturated heterocycles. The van der Waals surface area contributed by atoms with Gasteiger partial charge < -0.3 is 33.2 Å². The fraction of sp³-hybridized carbons (Fsp3) is 0.636. The molecular formula is C22H28B4I4O15P4. The number of carbonyl (C=O) groups excluding carboxylic acids is 8. The average Bonchev–Trinajstić information content (AvgIpc) is 3.38. The van der Waals surface area contributed by atoms with Crippen LogP contribution in [0.1, 0.15) is 25.7 Å². The standard InChI is InChI=1S/C18H24B3I3O12P3.C4H4BIO3P/c1-31-13(25)4-10(37-21-22)16(28)34-7-9(36-18(30)12(39(20)24)6-15(27)33-3)8-35-17(29)11(38(19)23)5-14(26)32-2;6-5-10-2-1-3(7)9-4(2)8/h9-12,37H,4-8H2,1-3H3;2,10H,1H2. The Hall–Kier alpha value is 0.860. The number of esters is 8. The molecule has 0 bridgehead atoms. The van der Waals surface area contributed by atoms with Crippen LogP contribution in [0.2, 0.25) is 0 Å². The van der Waals surface area contributed by atoms with Crippen LogP contribution in [0.25, 0.3) is 0 Å². The molecule has 27 heteroatoms. The monoisotopic (exact) mass is 1210 g/mol. The zero-order valence-electron chi connectivity index (χ0n) is 26.0. The van der Waals surface area contributed by atoms with E-state index in [1.54, 1.807) is 26.9 Å². The van der Waals surface area contributed by atoms with E-state index in [4.69, 9.17) is 29.3 Å². The van der Waals surface area contributed by atoms with Crippen LogP contribution in [0.3, 0.4) is 0 Å². The maximum atomic E-state index is 12.9. The number of hydrogen-bond acceptors (Lipinski definition) is 15. The summed E-state index contributed by atoms with van der Waals surface area (Å²) in [6, 6.07) is 0. The molecule has 1 fully saturated rings. The van der Waals surface area contributed by atoms with Crippen LogP contribution in [-0.4, -0.2) is 136 Å². The Kier molecular flexibility index (Phi) is 28.8. The number of ether oxygens (including phenoxy) is 7. The summed E-state index contributed by atoms with van der Waals surface area (Å²) in [4.78, 5) is 98.0. The Morgan fingerprint density at radius 1 is 0.816 bits per heavy atom. The Morgan fingerprint density at radius 3 is 1.69 bits per heavy atom. The lowest BCUT2D eigenvalue weighted by molar-refractivity contribution is -0.167. The normalized spacial score (nSPS) is 17.7. The first-order valence-electron chi connectivity index (χ1n) is 13.3. The molecule has 0 aromatic rings. The molecule has 0 N–H and O–H groups in total. The van der Waals surface area contributed by atoms with Crippen molar-refractivity contribution in [1.82, 2.24) is 0 Å². The summed E-state index contributed by atoms with van der Waals surface area (Å²) >= 11 is 7.61. The minimum absolute atomic E-state index is 0.0708. The van der Waals surface area contributed by atoms with Gasteiger partial charge in [0.1, 0.15) is 28.3 Å². The number of cyclic esters (lactones) is 2. The molecule has 0 amide bonds. The van der Waals surface area contributed by atoms with Gasteiger partial charge in [-0.1, -0.05) is 55.0 Å². The quantitative estimate of drug-likeness (QED) is 0.0430. The summed E-state index contributed by atoms with van der Waals surface area (Å²) < 4.78 is 34.1. The topological polar surface area (TPSA) is 201 Å². The minimum atomic E-state index is -1.52. The SMILES string of the molecule is O=C1CC(P[B]I)C(=O)O1.[B]P(I)C(CC(=O)OC)C(=O)OCC(COC(=O)C(CC(=O)OC)P[B]I)OC(=O)C(CC(=O)OC)P([B])I. The van der Waals surface area contributed by atoms with Gasteiger partial charge in [0.15, 0.2) is 6.10 Å². The van der Waals surface area contributed by atoms with Crippen LogP contribution < -0.4 is 0 Å². The lowest BCUT2D eigenvalue weighted by Gasteiger charge is -2.25. The predicted molar refractivity (Wildman–Crippen MR) is 222 cm³/mol. The van der Waals surface area contributed by atoms with Crippen LogP contribution in [0.4, 0.5) is 0 Å². The van der Waals surface area contributed by atoms with Gasteiger partial charge in [-0.05, 0) is 0 Å². The molecule has 15 nitrogen and oxygen atoms in total. The molecule has 0 saturated carbocycles. The van der Waals surface area contributed by atoms with Gasteiger partial charge in [-0.25, -0.2) is 0 Å². The van der Waals surface area contributed by atoms with Crippen LogP contribution in [0, 0.1) is 0 Å². The smallest absolute Gasteiger partial charge is 0.320 e. The van der Waals surface area contributed by atoms with E-state index in [-0.39, 0.29) is 51.7 Å². The van der Waals surface area contributed by atoms with E-state index in [9.17, 15) is 38.4 Å². The van der Waals surface area contributed by atoms with Gasteiger partial charge in [0.05, 0.1) is 69.6 Å². The van der Waals surface area contributed by atoms with E-state index in [2.05, 4.69) is 41.3 Å². The summed E-state index contributed by atoms with van der Waals surface area (Å²) in [5.74, 6) is -5.23. The van der Waals surface area contributed by atoms with Crippen molar-refractivity contribution in [2.75, 3.05) is 34.5 Å². The zero-order chi connectivity index (χ0) is 37.7. The van der Waals surface area contributed by atoms with E-state index in [1.807, 2.05) is 49.3 Å². The molecule has 0 aliphatic carbocycles. The van der Waals surface area contributed by atoms with Crippen molar-refractivity contribution in [2.45, 2.75) is 54.4 Å². The molecule has 266 valence electrons. The molecule has 0 spiro atoms. The van der Waals surface area contributed by atoms with Crippen LogP contribution in [0.15, 0.2) is 0 Å². The summed E-state index contributed by atoms with van der Waals surface area (Å²) in [5.41, 5.74) is -6.07. The van der Waals surface area contributed by atoms with E-state index >= 15 is 0 Å². The van der Waals surface area contributed by atoms with Gasteiger partial charge in [-0.3, -0.25) is 38.4 Å². The number of hydrogen-bond donors (Lipinski definition) is 0. The Bertz CT molecular complexity index is 1160. The molecule has 1 rings (SSSR count). The minimum Gasteiger partial charge on any atom is -0.469 e. The molecule has 1 aliphatic heterocycles. The van der Waals surface area contributed by atoms with Gasteiger partial charge in [0, 0.05) is 0 Å². The molecule has 1 aliphatic rings. The maximum absolute atomic E-state index is 12.9. The van der Waals surface area contributed by atoms with Crippen molar-refractivity contribution >= 4 is 189 Å². The Balaban J connectivity index is 0.00000195. The molecule has 0 aromatic heterocycles. The number of rotatable bonds is 20. The highest BCUT2D eigenvalue weighted by Gasteiger charge is 2.34. The van der Waals surface area contributed by atoms with Crippen molar-refractivity contribution in [3.63, 3.8) is 0 Å². The highest BCUT2D eigenvalue weighted by molar-refractivity contribution is 14.2. The second kappa shape index (κ2) is 28.3. The lowest BCUT2D eigenvalue weighted by Crippen LogP contribution is -2.37. The predicted octanol–water partition coefficient (Wildman–Crippen LogP) is 2.73. The largest absolute Gasteiger partial charge is 0.469 e. The molecule has 9 unspecified atom stereocenters. The fourth-order valence-electron chi connectivity index (χ4n) is 3.15. The van der Waals surface area contributed by atoms with Crippen molar-refractivity contribution in [1.29, 1.82) is 0 Å². The first kappa shape index (κ1) is 49.9. The van der Waals surface area contributed by atoms with E-state index in [0.717, 1.165) is 14.2 Å². The molecule has 49 heavy (non-hydrogen) atoms. The third-order valence-corrected chi connectivity index (χ3v) is 15.8. The van der Waals surface area contributed by atoms with Crippen molar-refractivity contribution < 1.29 is 71.5 Å². The van der Waals surface area contributed by atoms with Crippen LogP contribution in [-0.2, 0) is 71.5 Å². The van der Waals surface area contributed by atoms with E-state index in [1.165, 1.54) is 7.11 Å². The summed E-state index contributed by atoms with van der Waals surface area (Å²) in [7, 11) is 15.6. The Morgan fingerprint density at radius 2 is 1.29 bits per heavy atom. The van der Waals surface area contributed by atoms with E-state index in [0.29, 0.717) is 8.46 Å². The zero-order valence-corrected chi connectivity index (χ0v) is 38.4. The highest BCUT2D eigenvalue weighted by atomic mass is 127.